The Morgan fingerprint density at radius 3 is 2.53 bits per heavy atom. The van der Waals surface area contributed by atoms with Gasteiger partial charge in [0, 0.05) is 38.2 Å². The lowest BCUT2D eigenvalue weighted by Gasteiger charge is -2.36. The van der Waals surface area contributed by atoms with Gasteiger partial charge >= 0.3 is 5.97 Å². The molecule has 32 heavy (non-hydrogen) atoms. The third-order valence-corrected chi connectivity index (χ3v) is 6.48. The standard InChI is InChI=1S/C24H28N6O2/c1-32-24(31)21-15-26-22(16-25-21)29-10-12-30(13-11-29)23-19-9-5-8-18(19)20(27-28-23)14-17-6-3-2-4-7-17/h3,6-7,15-16H,2,4-5,8-14H2,1H3. The predicted molar refractivity (Wildman–Crippen MR) is 122 cm³/mol. The molecule has 166 valence electrons. The van der Waals surface area contributed by atoms with Crippen LogP contribution in [0.3, 0.4) is 0 Å². The number of methoxy groups -OCH3 is 1. The number of carbonyl (C=O) groups is 1. The van der Waals surface area contributed by atoms with Crippen molar-refractivity contribution in [3.05, 3.63) is 58.7 Å². The fourth-order valence-electron chi connectivity index (χ4n) is 4.77. The summed E-state index contributed by atoms with van der Waals surface area (Å²) in [5, 5.41) is 9.39. The maximum absolute atomic E-state index is 11.6. The van der Waals surface area contributed by atoms with Gasteiger partial charge in [-0.3, -0.25) is 0 Å². The average Bonchev–Trinajstić information content (AvgIpc) is 3.35. The molecule has 2 aromatic heterocycles. The van der Waals surface area contributed by atoms with Crippen molar-refractivity contribution in [2.75, 3.05) is 43.1 Å². The Kier molecular flexibility index (Phi) is 5.83. The first kappa shape index (κ1) is 20.6. The molecule has 0 unspecified atom stereocenters. The van der Waals surface area contributed by atoms with Gasteiger partial charge in [-0.05, 0) is 43.2 Å². The third kappa shape index (κ3) is 4.09. The van der Waals surface area contributed by atoms with Crippen LogP contribution in [0.2, 0.25) is 0 Å². The highest BCUT2D eigenvalue weighted by molar-refractivity contribution is 5.86. The number of carbonyl (C=O) groups excluding carboxylic acids is 1. The quantitative estimate of drug-likeness (QED) is 0.667. The number of hydrogen-bond donors (Lipinski definition) is 0. The van der Waals surface area contributed by atoms with Crippen LogP contribution in [0.4, 0.5) is 11.6 Å². The fourth-order valence-corrected chi connectivity index (χ4v) is 4.77. The number of aromatic nitrogens is 4. The summed E-state index contributed by atoms with van der Waals surface area (Å²) in [5.74, 6) is 1.36. The van der Waals surface area contributed by atoms with E-state index in [1.165, 1.54) is 36.4 Å². The van der Waals surface area contributed by atoms with E-state index in [4.69, 9.17) is 9.84 Å². The second-order valence-electron chi connectivity index (χ2n) is 8.44. The number of anilines is 2. The molecule has 1 aliphatic heterocycles. The predicted octanol–water partition coefficient (Wildman–Crippen LogP) is 2.69. The Balaban J connectivity index is 1.27. The normalized spacial score (nSPS) is 17.8. The number of fused-ring (bicyclic) bond motifs is 1. The molecule has 0 spiro atoms. The summed E-state index contributed by atoms with van der Waals surface area (Å²) >= 11 is 0. The summed E-state index contributed by atoms with van der Waals surface area (Å²) in [5.41, 5.74) is 5.55. The molecule has 5 rings (SSSR count). The van der Waals surface area contributed by atoms with E-state index in [-0.39, 0.29) is 5.69 Å². The zero-order valence-corrected chi connectivity index (χ0v) is 18.5. The molecule has 3 heterocycles. The lowest BCUT2D eigenvalue weighted by Crippen LogP contribution is -2.47. The van der Waals surface area contributed by atoms with Crippen molar-refractivity contribution in [3.8, 4) is 0 Å². The summed E-state index contributed by atoms with van der Waals surface area (Å²) in [4.78, 5) is 24.7. The Bertz CT molecular complexity index is 1050. The molecule has 3 aliphatic rings. The number of piperazine rings is 1. The van der Waals surface area contributed by atoms with Gasteiger partial charge in [-0.1, -0.05) is 18.2 Å². The maximum Gasteiger partial charge on any atom is 0.358 e. The molecule has 0 aromatic carbocycles. The summed E-state index contributed by atoms with van der Waals surface area (Å²) in [6, 6.07) is 0. The lowest BCUT2D eigenvalue weighted by atomic mass is 9.99. The van der Waals surface area contributed by atoms with Gasteiger partial charge in [0.1, 0.15) is 5.82 Å². The fraction of sp³-hybridized carbons (Fsp3) is 0.458. The van der Waals surface area contributed by atoms with Crippen LogP contribution in [0.1, 0.15) is 46.6 Å². The van der Waals surface area contributed by atoms with Crippen molar-refractivity contribution < 1.29 is 9.53 Å². The average molecular weight is 433 g/mol. The molecule has 8 nitrogen and oxygen atoms in total. The number of hydrogen-bond acceptors (Lipinski definition) is 8. The first-order chi connectivity index (χ1) is 15.7. The van der Waals surface area contributed by atoms with Gasteiger partial charge < -0.3 is 14.5 Å². The molecule has 1 fully saturated rings. The molecular formula is C24H28N6O2. The van der Waals surface area contributed by atoms with Crippen LogP contribution in [0.5, 0.6) is 0 Å². The molecule has 8 heteroatoms. The number of ether oxygens (including phenoxy) is 1. The van der Waals surface area contributed by atoms with Crippen LogP contribution >= 0.6 is 0 Å². The maximum atomic E-state index is 11.6. The molecule has 0 amide bonds. The molecule has 0 N–H and O–H groups in total. The largest absolute Gasteiger partial charge is 0.464 e. The van der Waals surface area contributed by atoms with Crippen molar-refractivity contribution in [1.29, 1.82) is 0 Å². The summed E-state index contributed by atoms with van der Waals surface area (Å²) in [6.45, 7) is 3.36. The van der Waals surface area contributed by atoms with E-state index in [2.05, 4.69) is 43.1 Å². The minimum Gasteiger partial charge on any atom is -0.464 e. The Hall–Kier alpha value is -3.29. The molecule has 2 aliphatic carbocycles. The van der Waals surface area contributed by atoms with Gasteiger partial charge in [0.2, 0.25) is 0 Å². The Labute approximate surface area is 188 Å². The lowest BCUT2D eigenvalue weighted by molar-refractivity contribution is 0.0593. The van der Waals surface area contributed by atoms with Gasteiger partial charge in [-0.15, -0.1) is 5.10 Å². The number of allylic oxidation sites excluding steroid dienone is 4. The van der Waals surface area contributed by atoms with Crippen molar-refractivity contribution in [2.45, 2.75) is 38.5 Å². The summed E-state index contributed by atoms with van der Waals surface area (Å²) in [6.07, 6.45) is 16.5. The molecule has 1 saturated heterocycles. The van der Waals surface area contributed by atoms with Crippen molar-refractivity contribution in [1.82, 2.24) is 20.2 Å². The minimum atomic E-state index is -0.472. The van der Waals surface area contributed by atoms with E-state index in [0.717, 1.165) is 75.6 Å². The smallest absolute Gasteiger partial charge is 0.358 e. The van der Waals surface area contributed by atoms with Crippen molar-refractivity contribution >= 4 is 17.6 Å². The third-order valence-electron chi connectivity index (χ3n) is 6.48. The Morgan fingerprint density at radius 2 is 1.81 bits per heavy atom. The van der Waals surface area contributed by atoms with Gasteiger partial charge in [0.25, 0.3) is 0 Å². The molecule has 0 bridgehead atoms. The molecule has 0 atom stereocenters. The number of nitrogens with zero attached hydrogens (tertiary/aromatic N) is 6. The zero-order valence-electron chi connectivity index (χ0n) is 18.5. The first-order valence-electron chi connectivity index (χ1n) is 11.4. The second-order valence-corrected chi connectivity index (χ2v) is 8.44. The van der Waals surface area contributed by atoms with E-state index in [0.29, 0.717) is 0 Å². The SMILES string of the molecule is COC(=O)c1cnc(N2CCN(c3nnc(CC4=CCCC=C4)c4c3CCC4)CC2)cn1. The molecule has 2 aromatic rings. The van der Waals surface area contributed by atoms with E-state index in [9.17, 15) is 4.79 Å². The highest BCUT2D eigenvalue weighted by Crippen LogP contribution is 2.33. The van der Waals surface area contributed by atoms with Gasteiger partial charge in [0.15, 0.2) is 11.5 Å². The van der Waals surface area contributed by atoms with Crippen LogP contribution < -0.4 is 9.80 Å². The number of esters is 1. The van der Waals surface area contributed by atoms with Crippen LogP contribution in [0.15, 0.2) is 36.2 Å². The van der Waals surface area contributed by atoms with E-state index in [1.54, 1.807) is 6.20 Å². The molecular weight excluding hydrogens is 404 g/mol. The van der Waals surface area contributed by atoms with E-state index < -0.39 is 5.97 Å². The topological polar surface area (TPSA) is 84.3 Å². The highest BCUT2D eigenvalue weighted by atomic mass is 16.5. The molecule has 0 saturated carbocycles. The van der Waals surface area contributed by atoms with Gasteiger partial charge in [0.05, 0.1) is 25.2 Å². The van der Waals surface area contributed by atoms with Crippen molar-refractivity contribution in [3.63, 3.8) is 0 Å². The second kappa shape index (κ2) is 9.06. The van der Waals surface area contributed by atoms with E-state index >= 15 is 0 Å². The first-order valence-corrected chi connectivity index (χ1v) is 11.4. The molecule has 0 radical (unpaired) electrons. The monoisotopic (exact) mass is 432 g/mol. The van der Waals surface area contributed by atoms with Crippen LogP contribution in [-0.4, -0.2) is 59.4 Å². The highest BCUT2D eigenvalue weighted by Gasteiger charge is 2.27. The van der Waals surface area contributed by atoms with Crippen LogP contribution in [-0.2, 0) is 24.0 Å². The van der Waals surface area contributed by atoms with Gasteiger partial charge in [-0.2, -0.15) is 5.10 Å². The summed E-state index contributed by atoms with van der Waals surface area (Å²) in [7, 11) is 1.34. The van der Waals surface area contributed by atoms with Gasteiger partial charge in [-0.25, -0.2) is 14.8 Å². The van der Waals surface area contributed by atoms with E-state index in [1.807, 2.05) is 0 Å². The van der Waals surface area contributed by atoms with Crippen molar-refractivity contribution in [2.24, 2.45) is 0 Å². The Morgan fingerprint density at radius 1 is 1.00 bits per heavy atom. The minimum absolute atomic E-state index is 0.222. The zero-order chi connectivity index (χ0) is 21.9. The van der Waals surface area contributed by atoms with Crippen LogP contribution in [0.25, 0.3) is 0 Å². The number of rotatable bonds is 5. The summed E-state index contributed by atoms with van der Waals surface area (Å²) < 4.78 is 4.69. The van der Waals surface area contributed by atoms with Crippen LogP contribution in [0, 0.1) is 0 Å².